The van der Waals surface area contributed by atoms with Crippen molar-refractivity contribution in [1.82, 2.24) is 0 Å². The van der Waals surface area contributed by atoms with E-state index in [0.717, 1.165) is 0 Å². The van der Waals surface area contributed by atoms with Crippen LogP contribution in [0, 0.1) is 6.07 Å². The van der Waals surface area contributed by atoms with Gasteiger partial charge in [-0.3, -0.25) is 0 Å². The number of hydrogen-bond donors (Lipinski definition) is 0. The molecule has 0 atom stereocenters. The minimum Gasteiger partial charge on any atom is -0.0654 e. The molecule has 0 aliphatic heterocycles. The Labute approximate surface area is 133 Å². The van der Waals surface area contributed by atoms with E-state index in [2.05, 4.69) is 25.1 Å². The van der Waals surface area contributed by atoms with E-state index in [1.54, 1.807) is 0 Å². The topological polar surface area (TPSA) is 0 Å². The Morgan fingerprint density at radius 3 is 1.74 bits per heavy atom. The van der Waals surface area contributed by atoms with Crippen LogP contribution in [0.15, 0.2) is 24.3 Å². The van der Waals surface area contributed by atoms with Gasteiger partial charge in [-0.2, -0.15) is 0 Å². The van der Waals surface area contributed by atoms with Gasteiger partial charge in [0.2, 0.25) is 0 Å². The molecule has 19 heavy (non-hydrogen) atoms. The number of aryl methyl sites for hydroxylation is 1. The normalized spacial score (nSPS) is 10.2. The summed E-state index contributed by atoms with van der Waals surface area (Å²) in [4.78, 5) is 0. The molecule has 0 bridgehead atoms. The molecule has 1 rings (SSSR count). The fraction of sp³-hybridized carbons (Fsp3) is 0.667. The maximum absolute atomic E-state index is 3.07. The van der Waals surface area contributed by atoms with Crippen LogP contribution in [0.1, 0.15) is 76.7 Å². The van der Waals surface area contributed by atoms with E-state index in [4.69, 9.17) is 0 Å². The van der Waals surface area contributed by atoms with Gasteiger partial charge in [-0.15, -0.1) is 0 Å². The smallest absolute Gasteiger partial charge is 0 e. The van der Waals surface area contributed by atoms with E-state index in [-0.39, 0.29) is 19.5 Å². The van der Waals surface area contributed by atoms with E-state index >= 15 is 0 Å². The molecule has 0 aliphatic rings. The molecule has 0 aliphatic carbocycles. The molecule has 0 heterocycles. The van der Waals surface area contributed by atoms with Crippen molar-refractivity contribution in [2.24, 2.45) is 0 Å². The number of unbranched alkanes of at least 4 members (excludes halogenated alkanes) is 9. The minimum absolute atomic E-state index is 0. The number of benzene rings is 1. The van der Waals surface area contributed by atoms with Gasteiger partial charge in [0.15, 0.2) is 0 Å². The van der Waals surface area contributed by atoms with Crippen LogP contribution in [0.3, 0.4) is 0 Å². The van der Waals surface area contributed by atoms with Crippen molar-refractivity contribution < 1.29 is 19.5 Å². The van der Waals surface area contributed by atoms with Gasteiger partial charge in [0.05, 0.1) is 0 Å². The van der Waals surface area contributed by atoms with Crippen molar-refractivity contribution in [3.63, 3.8) is 0 Å². The Hall–Kier alpha value is -0.157. The third kappa shape index (κ3) is 11.4. The first-order chi connectivity index (χ1) is 8.93. The zero-order chi connectivity index (χ0) is 12.9. The molecule has 0 nitrogen and oxygen atoms in total. The summed E-state index contributed by atoms with van der Waals surface area (Å²) in [6, 6.07) is 11.5. The fourth-order valence-corrected chi connectivity index (χ4v) is 2.40. The standard InChI is InChI=1S/C18H29.Zn/c1-2-3-4-5-6-7-8-9-10-12-15-18-16-13-11-14-17-18;/h13-14,16-17H,2-10,12,15H2,1H3;. The van der Waals surface area contributed by atoms with Gasteiger partial charge in [0, 0.05) is 19.5 Å². The summed E-state index contributed by atoms with van der Waals surface area (Å²) in [5.41, 5.74) is 1.47. The third-order valence-corrected chi connectivity index (χ3v) is 3.61. The van der Waals surface area contributed by atoms with Crippen molar-refractivity contribution >= 4 is 0 Å². The Kier molecular flexibility index (Phi) is 14.1. The molecule has 0 amide bonds. The molecule has 0 saturated carbocycles. The summed E-state index contributed by atoms with van der Waals surface area (Å²) in [5, 5.41) is 0. The van der Waals surface area contributed by atoms with Crippen LogP contribution in [0.2, 0.25) is 0 Å². The summed E-state index contributed by atoms with van der Waals surface area (Å²) < 4.78 is 0. The zero-order valence-corrected chi connectivity index (χ0v) is 15.8. The van der Waals surface area contributed by atoms with Gasteiger partial charge in [0.1, 0.15) is 0 Å². The summed E-state index contributed by atoms with van der Waals surface area (Å²) in [6.45, 7) is 2.28. The van der Waals surface area contributed by atoms with Gasteiger partial charge < -0.3 is 0 Å². The van der Waals surface area contributed by atoms with Crippen molar-refractivity contribution in [2.45, 2.75) is 77.6 Å². The van der Waals surface area contributed by atoms with Gasteiger partial charge in [-0.05, 0) is 24.5 Å². The average molecular weight is 311 g/mol. The summed E-state index contributed by atoms with van der Waals surface area (Å²) in [5.74, 6) is 0. The molecule has 0 spiro atoms. The fourth-order valence-electron chi connectivity index (χ4n) is 2.40. The Bertz CT molecular complexity index is 268. The molecule has 0 fully saturated rings. The van der Waals surface area contributed by atoms with Crippen LogP contribution in [0.25, 0.3) is 0 Å². The first-order valence-electron chi connectivity index (χ1n) is 7.88. The number of rotatable bonds is 11. The van der Waals surface area contributed by atoms with E-state index in [1.807, 2.05) is 12.1 Å². The van der Waals surface area contributed by atoms with Crippen LogP contribution in [0.4, 0.5) is 0 Å². The van der Waals surface area contributed by atoms with Crippen LogP contribution in [-0.4, -0.2) is 0 Å². The molecule has 103 valence electrons. The second kappa shape index (κ2) is 14.3. The summed E-state index contributed by atoms with van der Waals surface area (Å²) in [7, 11) is 0. The van der Waals surface area contributed by atoms with Crippen LogP contribution in [0.5, 0.6) is 0 Å². The van der Waals surface area contributed by atoms with Crippen LogP contribution in [-0.2, 0) is 25.9 Å². The molecule has 1 heteroatoms. The Balaban J connectivity index is 0.00000324. The second-order valence-corrected chi connectivity index (χ2v) is 5.34. The van der Waals surface area contributed by atoms with Gasteiger partial charge in [0.25, 0.3) is 0 Å². The van der Waals surface area contributed by atoms with Crippen LogP contribution >= 0.6 is 0 Å². The molecule has 1 radical (unpaired) electrons. The molecular weight excluding hydrogens is 282 g/mol. The molecule has 0 saturated heterocycles. The van der Waals surface area contributed by atoms with E-state index in [9.17, 15) is 0 Å². The largest absolute Gasteiger partial charge is 0.0654 e. The van der Waals surface area contributed by atoms with E-state index < -0.39 is 0 Å². The van der Waals surface area contributed by atoms with Gasteiger partial charge in [-0.25, -0.2) is 0 Å². The second-order valence-electron chi connectivity index (χ2n) is 5.34. The van der Waals surface area contributed by atoms with E-state index in [1.165, 1.54) is 76.2 Å². The Morgan fingerprint density at radius 2 is 1.21 bits per heavy atom. The Morgan fingerprint density at radius 1 is 0.737 bits per heavy atom. The zero-order valence-electron chi connectivity index (χ0n) is 12.8. The minimum atomic E-state index is 0. The third-order valence-electron chi connectivity index (χ3n) is 3.61. The maximum Gasteiger partial charge on any atom is 0 e. The summed E-state index contributed by atoms with van der Waals surface area (Å²) in [6.07, 6.45) is 15.4. The maximum atomic E-state index is 3.07. The first kappa shape index (κ1) is 18.8. The predicted octanol–water partition coefficient (Wildman–Crippen LogP) is 5.95. The molecule has 0 aromatic heterocycles. The molecule has 1 aromatic carbocycles. The summed E-state index contributed by atoms with van der Waals surface area (Å²) >= 11 is 0. The molecule has 0 unspecified atom stereocenters. The van der Waals surface area contributed by atoms with Crippen molar-refractivity contribution in [2.75, 3.05) is 0 Å². The average Bonchev–Trinajstić information content (AvgIpc) is 2.42. The predicted molar refractivity (Wildman–Crippen MR) is 80.8 cm³/mol. The monoisotopic (exact) mass is 309 g/mol. The molecule has 0 N–H and O–H groups in total. The van der Waals surface area contributed by atoms with Crippen LogP contribution < -0.4 is 0 Å². The molecule has 1 aromatic rings. The van der Waals surface area contributed by atoms with E-state index in [0.29, 0.717) is 0 Å². The number of hydrogen-bond acceptors (Lipinski definition) is 0. The SMILES string of the molecule is CCCCCCCCCCCCc1cc[c]cc1.[Zn]. The van der Waals surface area contributed by atoms with Gasteiger partial charge in [-0.1, -0.05) is 89.0 Å². The van der Waals surface area contributed by atoms with Crippen molar-refractivity contribution in [1.29, 1.82) is 0 Å². The first-order valence-corrected chi connectivity index (χ1v) is 7.88. The van der Waals surface area contributed by atoms with Crippen molar-refractivity contribution in [3.8, 4) is 0 Å². The quantitative estimate of drug-likeness (QED) is 0.350. The van der Waals surface area contributed by atoms with Gasteiger partial charge >= 0.3 is 0 Å². The van der Waals surface area contributed by atoms with Crippen molar-refractivity contribution in [3.05, 3.63) is 35.9 Å². The molecular formula is C18H29Zn.